The van der Waals surface area contributed by atoms with E-state index in [1.54, 1.807) is 30.4 Å². The van der Waals surface area contributed by atoms with Crippen LogP contribution in [0.5, 0.6) is 0 Å². The monoisotopic (exact) mass is 334 g/mol. The molecule has 0 aliphatic heterocycles. The quantitative estimate of drug-likeness (QED) is 0.214. The van der Waals surface area contributed by atoms with Gasteiger partial charge in [0.25, 0.3) is 0 Å². The molecular weight excluding hydrogens is 304 g/mol. The van der Waals surface area contributed by atoms with E-state index < -0.39 is 12.1 Å². The van der Waals surface area contributed by atoms with Gasteiger partial charge in [0.1, 0.15) is 0 Å². The van der Waals surface area contributed by atoms with Gasteiger partial charge in [-0.05, 0) is 31.8 Å². The third-order valence-corrected chi connectivity index (χ3v) is 3.30. The summed E-state index contributed by atoms with van der Waals surface area (Å²) in [6.45, 7) is 2.17. The summed E-state index contributed by atoms with van der Waals surface area (Å²) in [5.74, 6) is -0.791. The molecule has 0 rings (SSSR count). The first-order chi connectivity index (χ1) is 11.6. The molecule has 0 aromatic heterocycles. The Morgan fingerprint density at radius 3 is 2.46 bits per heavy atom. The molecule has 0 aliphatic rings. The zero-order chi connectivity index (χ0) is 18.0. The van der Waals surface area contributed by atoms with E-state index in [-0.39, 0.29) is 12.2 Å². The average Bonchev–Trinajstić information content (AvgIpc) is 2.53. The molecule has 0 heterocycles. The van der Waals surface area contributed by atoms with Crippen molar-refractivity contribution in [3.8, 4) is 0 Å². The van der Waals surface area contributed by atoms with Gasteiger partial charge < -0.3 is 10.2 Å². The SMILES string of the molecule is CCCCCC=CCC(=O)C=CC=CC=C[C@@H](O)CCCC(=O)O. The molecule has 24 heavy (non-hydrogen) atoms. The highest BCUT2D eigenvalue weighted by molar-refractivity contribution is 5.90. The van der Waals surface area contributed by atoms with Crippen molar-refractivity contribution in [1.29, 1.82) is 0 Å². The fraction of sp³-hybridized carbons (Fsp3) is 0.500. The normalized spacial score (nSPS) is 13.6. The number of aliphatic hydroxyl groups is 1. The largest absolute Gasteiger partial charge is 0.481 e. The highest BCUT2D eigenvalue weighted by atomic mass is 16.4. The van der Waals surface area contributed by atoms with Crippen molar-refractivity contribution in [3.63, 3.8) is 0 Å². The minimum Gasteiger partial charge on any atom is -0.481 e. The van der Waals surface area contributed by atoms with Crippen LogP contribution >= 0.6 is 0 Å². The van der Waals surface area contributed by atoms with Crippen LogP contribution in [0.4, 0.5) is 0 Å². The van der Waals surface area contributed by atoms with Crippen molar-refractivity contribution in [1.82, 2.24) is 0 Å². The number of hydrogen-bond acceptors (Lipinski definition) is 3. The van der Waals surface area contributed by atoms with Gasteiger partial charge in [-0.25, -0.2) is 0 Å². The van der Waals surface area contributed by atoms with Crippen LogP contribution in [0, 0.1) is 0 Å². The number of allylic oxidation sites excluding steroid dienone is 7. The Hall–Kier alpha value is -1.94. The van der Waals surface area contributed by atoms with Crippen molar-refractivity contribution in [2.45, 2.75) is 64.4 Å². The van der Waals surface area contributed by atoms with Crippen molar-refractivity contribution in [2.24, 2.45) is 0 Å². The van der Waals surface area contributed by atoms with E-state index in [1.165, 1.54) is 25.3 Å². The Balaban J connectivity index is 3.83. The maximum absolute atomic E-state index is 11.6. The van der Waals surface area contributed by atoms with Gasteiger partial charge in [-0.15, -0.1) is 0 Å². The van der Waals surface area contributed by atoms with Gasteiger partial charge >= 0.3 is 5.97 Å². The highest BCUT2D eigenvalue weighted by Crippen LogP contribution is 2.02. The second-order valence-electron chi connectivity index (χ2n) is 5.62. The molecule has 0 amide bonds. The molecule has 0 unspecified atom stereocenters. The van der Waals surface area contributed by atoms with Crippen molar-refractivity contribution in [2.75, 3.05) is 0 Å². The second-order valence-corrected chi connectivity index (χ2v) is 5.62. The Labute approximate surface area is 145 Å². The Kier molecular flexibility index (Phi) is 14.6. The van der Waals surface area contributed by atoms with Crippen LogP contribution in [-0.4, -0.2) is 28.1 Å². The summed E-state index contributed by atoms with van der Waals surface area (Å²) in [6, 6.07) is 0. The first-order valence-corrected chi connectivity index (χ1v) is 8.65. The summed E-state index contributed by atoms with van der Waals surface area (Å²) < 4.78 is 0. The fourth-order valence-corrected chi connectivity index (χ4v) is 1.94. The van der Waals surface area contributed by atoms with Crippen molar-refractivity contribution >= 4 is 11.8 Å². The zero-order valence-electron chi connectivity index (χ0n) is 14.6. The molecule has 0 radical (unpaired) electrons. The average molecular weight is 334 g/mol. The van der Waals surface area contributed by atoms with Crippen LogP contribution in [0.3, 0.4) is 0 Å². The minimum absolute atomic E-state index is 0.0593. The first-order valence-electron chi connectivity index (χ1n) is 8.65. The molecule has 0 aromatic carbocycles. The molecule has 0 bridgehead atoms. The lowest BCUT2D eigenvalue weighted by atomic mass is 10.1. The summed E-state index contributed by atoms with van der Waals surface area (Å²) in [4.78, 5) is 21.9. The Morgan fingerprint density at radius 1 is 1.00 bits per heavy atom. The second kappa shape index (κ2) is 15.9. The summed E-state index contributed by atoms with van der Waals surface area (Å²) >= 11 is 0. The van der Waals surface area contributed by atoms with E-state index in [9.17, 15) is 14.7 Å². The number of carbonyl (C=O) groups excluding carboxylic acids is 1. The van der Waals surface area contributed by atoms with Gasteiger partial charge in [-0.2, -0.15) is 0 Å². The summed E-state index contributed by atoms with van der Waals surface area (Å²) in [7, 11) is 0. The van der Waals surface area contributed by atoms with E-state index in [2.05, 4.69) is 13.0 Å². The number of hydrogen-bond donors (Lipinski definition) is 2. The van der Waals surface area contributed by atoms with Crippen LogP contribution in [-0.2, 0) is 9.59 Å². The summed E-state index contributed by atoms with van der Waals surface area (Å²) in [6.07, 6.45) is 19.3. The summed E-state index contributed by atoms with van der Waals surface area (Å²) in [5.41, 5.74) is 0. The molecule has 0 aliphatic carbocycles. The number of aliphatic carboxylic acids is 1. The Morgan fingerprint density at radius 2 is 1.75 bits per heavy atom. The Bertz CT molecular complexity index is 458. The molecule has 0 spiro atoms. The van der Waals surface area contributed by atoms with E-state index in [0.717, 1.165) is 6.42 Å². The minimum atomic E-state index is -0.850. The third-order valence-electron chi connectivity index (χ3n) is 3.30. The smallest absolute Gasteiger partial charge is 0.303 e. The van der Waals surface area contributed by atoms with Gasteiger partial charge in [0, 0.05) is 12.8 Å². The number of aliphatic hydroxyl groups excluding tert-OH is 1. The van der Waals surface area contributed by atoms with Crippen LogP contribution in [0.2, 0.25) is 0 Å². The maximum Gasteiger partial charge on any atom is 0.303 e. The maximum atomic E-state index is 11.6. The van der Waals surface area contributed by atoms with Gasteiger partial charge in [-0.1, -0.05) is 62.3 Å². The van der Waals surface area contributed by atoms with E-state index >= 15 is 0 Å². The molecule has 0 fully saturated rings. The molecule has 4 heteroatoms. The number of carboxylic acids is 1. The van der Waals surface area contributed by atoms with E-state index in [1.807, 2.05) is 6.08 Å². The number of carbonyl (C=O) groups is 2. The third kappa shape index (κ3) is 16.4. The molecule has 4 nitrogen and oxygen atoms in total. The van der Waals surface area contributed by atoms with Crippen LogP contribution in [0.25, 0.3) is 0 Å². The summed E-state index contributed by atoms with van der Waals surface area (Å²) in [5, 5.41) is 18.1. The van der Waals surface area contributed by atoms with E-state index in [0.29, 0.717) is 19.3 Å². The number of unbranched alkanes of at least 4 members (excludes halogenated alkanes) is 3. The molecule has 2 N–H and O–H groups in total. The lowest BCUT2D eigenvalue weighted by Crippen LogP contribution is -2.03. The van der Waals surface area contributed by atoms with Gasteiger partial charge in [0.05, 0.1) is 6.10 Å². The molecular formula is C20H30O4. The van der Waals surface area contributed by atoms with Crippen LogP contribution in [0.1, 0.15) is 58.3 Å². The fourth-order valence-electron chi connectivity index (χ4n) is 1.94. The zero-order valence-corrected chi connectivity index (χ0v) is 14.6. The molecule has 0 saturated heterocycles. The standard InChI is InChI=1S/C20H30O4/c1-2-3-4-5-6-9-13-18(21)14-10-7-8-11-15-19(22)16-12-17-20(23)24/h6-11,14-15,19,22H,2-5,12-13,16-17H2,1H3,(H,23,24)/t19-/m1/s1. The van der Waals surface area contributed by atoms with Gasteiger partial charge in [0.15, 0.2) is 5.78 Å². The van der Waals surface area contributed by atoms with Gasteiger partial charge in [0.2, 0.25) is 0 Å². The highest BCUT2D eigenvalue weighted by Gasteiger charge is 2.01. The molecule has 1 atom stereocenters. The van der Waals surface area contributed by atoms with Crippen LogP contribution < -0.4 is 0 Å². The lowest BCUT2D eigenvalue weighted by molar-refractivity contribution is -0.137. The number of rotatable bonds is 14. The number of ketones is 1. The number of carboxylic acid groups (broad SMARTS) is 1. The van der Waals surface area contributed by atoms with Crippen molar-refractivity contribution in [3.05, 3.63) is 48.6 Å². The van der Waals surface area contributed by atoms with E-state index in [4.69, 9.17) is 5.11 Å². The van der Waals surface area contributed by atoms with Gasteiger partial charge in [-0.3, -0.25) is 9.59 Å². The molecule has 0 saturated carbocycles. The predicted octanol–water partition coefficient (Wildman–Crippen LogP) is 4.37. The lowest BCUT2D eigenvalue weighted by Gasteiger charge is -2.02. The first kappa shape index (κ1) is 22.1. The molecule has 0 aromatic rings. The van der Waals surface area contributed by atoms with Crippen LogP contribution in [0.15, 0.2) is 48.6 Å². The van der Waals surface area contributed by atoms with Crippen molar-refractivity contribution < 1.29 is 19.8 Å². The predicted molar refractivity (Wildman–Crippen MR) is 97.8 cm³/mol. The topological polar surface area (TPSA) is 74.6 Å². The molecule has 134 valence electrons.